The van der Waals surface area contributed by atoms with Gasteiger partial charge in [-0.25, -0.2) is 4.98 Å². The van der Waals surface area contributed by atoms with Crippen LogP contribution in [0.4, 0.5) is 0 Å². The zero-order valence-electron chi connectivity index (χ0n) is 11.3. The molecule has 2 aromatic heterocycles. The second kappa shape index (κ2) is 3.94. The first-order chi connectivity index (χ1) is 9.77. The number of hydrogen-bond acceptors (Lipinski definition) is 1. The Morgan fingerprint density at radius 1 is 1.00 bits per heavy atom. The van der Waals surface area contributed by atoms with Gasteiger partial charge in [-0.1, -0.05) is 49.0 Å². The molecule has 0 N–H and O–H groups in total. The molecule has 0 fully saturated rings. The second-order valence-electron chi connectivity index (χ2n) is 5.13. The van der Waals surface area contributed by atoms with E-state index in [4.69, 9.17) is 0 Å². The van der Waals surface area contributed by atoms with Gasteiger partial charge in [0, 0.05) is 28.1 Å². The maximum absolute atomic E-state index is 4.67. The van der Waals surface area contributed by atoms with E-state index < -0.39 is 0 Å². The molecule has 0 spiro atoms. The van der Waals surface area contributed by atoms with Crippen molar-refractivity contribution in [3.63, 3.8) is 0 Å². The lowest BCUT2D eigenvalue weighted by molar-refractivity contribution is 1.16. The molecule has 0 amide bonds. The van der Waals surface area contributed by atoms with Crippen molar-refractivity contribution in [2.45, 2.75) is 6.92 Å². The molecule has 0 aliphatic heterocycles. The molecule has 2 heteroatoms. The molecule has 4 aromatic rings. The fourth-order valence-corrected chi connectivity index (χ4v) is 2.97. The first-order valence-corrected chi connectivity index (χ1v) is 6.70. The molecule has 2 aromatic carbocycles. The van der Waals surface area contributed by atoms with Crippen molar-refractivity contribution in [2.24, 2.45) is 0 Å². The molecule has 0 bridgehead atoms. The Balaban J connectivity index is 2.39. The zero-order valence-corrected chi connectivity index (χ0v) is 11.3. The summed E-state index contributed by atoms with van der Waals surface area (Å²) in [7, 11) is 0. The number of hydrogen-bond donors (Lipinski definition) is 0. The highest BCUT2D eigenvalue weighted by Crippen LogP contribution is 2.34. The number of pyridine rings is 1. The monoisotopic (exact) mass is 258 g/mol. The predicted octanol–water partition coefficient (Wildman–Crippen LogP) is 4.83. The van der Waals surface area contributed by atoms with Crippen molar-refractivity contribution in [1.29, 1.82) is 0 Å². The molecule has 0 saturated heterocycles. The van der Waals surface area contributed by atoms with Crippen LogP contribution in [0.2, 0.25) is 0 Å². The third kappa shape index (κ3) is 1.36. The molecule has 20 heavy (non-hydrogen) atoms. The van der Waals surface area contributed by atoms with Crippen LogP contribution in [0, 0.1) is 0 Å². The van der Waals surface area contributed by atoms with Gasteiger partial charge >= 0.3 is 0 Å². The number of para-hydroxylation sites is 1. The van der Waals surface area contributed by atoms with E-state index in [-0.39, 0.29) is 0 Å². The van der Waals surface area contributed by atoms with Gasteiger partial charge in [0.2, 0.25) is 0 Å². The van der Waals surface area contributed by atoms with E-state index in [2.05, 4.69) is 58.6 Å². The number of fused-ring (bicyclic) bond motifs is 5. The van der Waals surface area contributed by atoms with Gasteiger partial charge in [0.15, 0.2) is 0 Å². The Kier molecular flexibility index (Phi) is 2.21. The van der Waals surface area contributed by atoms with Crippen LogP contribution in [0.3, 0.4) is 0 Å². The molecule has 0 saturated carbocycles. The number of nitrogens with zero attached hydrogens (tertiary/aromatic N) is 2. The lowest BCUT2D eigenvalue weighted by atomic mass is 10.1. The zero-order chi connectivity index (χ0) is 13.7. The van der Waals surface area contributed by atoms with Crippen molar-refractivity contribution in [1.82, 2.24) is 9.55 Å². The van der Waals surface area contributed by atoms with Crippen molar-refractivity contribution in [2.75, 3.05) is 0 Å². The summed E-state index contributed by atoms with van der Waals surface area (Å²) in [5, 5.41) is 4.86. The van der Waals surface area contributed by atoms with E-state index >= 15 is 0 Å². The molecule has 0 aliphatic rings. The van der Waals surface area contributed by atoms with Crippen molar-refractivity contribution in [3.8, 4) is 0 Å². The minimum Gasteiger partial charge on any atom is -0.299 e. The van der Waals surface area contributed by atoms with Crippen LogP contribution in [0.15, 0.2) is 61.3 Å². The highest BCUT2D eigenvalue weighted by atomic mass is 15.0. The smallest absolute Gasteiger partial charge is 0.145 e. The van der Waals surface area contributed by atoms with Crippen LogP contribution >= 0.6 is 0 Å². The van der Waals surface area contributed by atoms with Gasteiger partial charge in [0.1, 0.15) is 5.65 Å². The number of allylic oxidation sites excluding steroid dienone is 1. The summed E-state index contributed by atoms with van der Waals surface area (Å²) in [5.41, 5.74) is 3.13. The second-order valence-corrected chi connectivity index (χ2v) is 5.13. The van der Waals surface area contributed by atoms with Gasteiger partial charge in [0.25, 0.3) is 0 Å². The molecule has 4 rings (SSSR count). The minimum absolute atomic E-state index is 0.984. The third-order valence-electron chi connectivity index (χ3n) is 3.79. The van der Waals surface area contributed by atoms with Crippen LogP contribution in [0.5, 0.6) is 0 Å². The molecule has 2 nitrogen and oxygen atoms in total. The fraction of sp³-hybridized carbons (Fsp3) is 0.0556. The standard InChI is InChI=1S/C18H14N2/c1-12(2)20-16-10-6-5-9-15(16)17-14-8-4-3-7-13(14)11-19-18(17)20/h3-11H,1H2,2H3. The van der Waals surface area contributed by atoms with E-state index in [0.717, 1.165) is 11.3 Å². The van der Waals surface area contributed by atoms with Crippen molar-refractivity contribution >= 4 is 38.4 Å². The van der Waals surface area contributed by atoms with Crippen LogP contribution in [0.1, 0.15) is 6.92 Å². The van der Waals surface area contributed by atoms with Crippen LogP contribution in [-0.4, -0.2) is 9.55 Å². The summed E-state index contributed by atoms with van der Waals surface area (Å²) >= 11 is 0. The maximum atomic E-state index is 4.67. The average molecular weight is 258 g/mol. The Hall–Kier alpha value is -2.61. The summed E-state index contributed by atoms with van der Waals surface area (Å²) in [6.45, 7) is 6.12. The third-order valence-corrected chi connectivity index (χ3v) is 3.79. The van der Waals surface area contributed by atoms with Gasteiger partial charge < -0.3 is 0 Å². The van der Waals surface area contributed by atoms with E-state index in [0.29, 0.717) is 0 Å². The summed E-state index contributed by atoms with van der Waals surface area (Å²) < 4.78 is 2.14. The van der Waals surface area contributed by atoms with Gasteiger partial charge in [-0.2, -0.15) is 0 Å². The van der Waals surface area contributed by atoms with Crippen LogP contribution in [0.25, 0.3) is 38.4 Å². The molecule has 0 radical (unpaired) electrons. The van der Waals surface area contributed by atoms with Gasteiger partial charge in [-0.3, -0.25) is 4.57 Å². The highest BCUT2D eigenvalue weighted by Gasteiger charge is 2.14. The van der Waals surface area contributed by atoms with Crippen LogP contribution < -0.4 is 0 Å². The topological polar surface area (TPSA) is 17.8 Å². The first-order valence-electron chi connectivity index (χ1n) is 6.70. The molecule has 0 atom stereocenters. The summed E-state index contributed by atoms with van der Waals surface area (Å²) in [5.74, 6) is 0. The maximum Gasteiger partial charge on any atom is 0.145 e. The number of benzene rings is 2. The number of rotatable bonds is 1. The van der Waals surface area contributed by atoms with E-state index in [1.54, 1.807) is 0 Å². The van der Waals surface area contributed by atoms with Gasteiger partial charge in [0.05, 0.1) is 5.52 Å². The quantitative estimate of drug-likeness (QED) is 0.478. The highest BCUT2D eigenvalue weighted by molar-refractivity contribution is 6.20. The lowest BCUT2D eigenvalue weighted by Crippen LogP contribution is -1.93. The Morgan fingerprint density at radius 2 is 1.70 bits per heavy atom. The average Bonchev–Trinajstić information content (AvgIpc) is 2.82. The summed E-state index contributed by atoms with van der Waals surface area (Å²) in [4.78, 5) is 4.67. The SMILES string of the molecule is C=C(C)n1c2ccccc2c2c3ccccc3cnc21. The van der Waals surface area contributed by atoms with Crippen LogP contribution in [-0.2, 0) is 0 Å². The summed E-state index contributed by atoms with van der Waals surface area (Å²) in [6.07, 6.45) is 1.94. The Labute approximate surface area is 117 Å². The normalized spacial score (nSPS) is 11.4. The molecule has 0 unspecified atom stereocenters. The van der Waals surface area contributed by atoms with E-state index in [1.807, 2.05) is 19.2 Å². The molecular formula is C18H14N2. The predicted molar refractivity (Wildman–Crippen MR) is 85.7 cm³/mol. The molecule has 2 heterocycles. The first kappa shape index (κ1) is 11.2. The van der Waals surface area contributed by atoms with E-state index in [9.17, 15) is 0 Å². The van der Waals surface area contributed by atoms with Gasteiger partial charge in [-0.15, -0.1) is 0 Å². The van der Waals surface area contributed by atoms with Crippen molar-refractivity contribution < 1.29 is 0 Å². The largest absolute Gasteiger partial charge is 0.299 e. The Morgan fingerprint density at radius 3 is 2.50 bits per heavy atom. The lowest BCUT2D eigenvalue weighted by Gasteiger charge is -2.05. The molecular weight excluding hydrogens is 244 g/mol. The fourth-order valence-electron chi connectivity index (χ4n) is 2.97. The minimum atomic E-state index is 0.984. The number of aromatic nitrogens is 2. The molecule has 0 aliphatic carbocycles. The van der Waals surface area contributed by atoms with Gasteiger partial charge in [-0.05, 0) is 18.4 Å². The van der Waals surface area contributed by atoms with E-state index in [1.165, 1.54) is 27.1 Å². The summed E-state index contributed by atoms with van der Waals surface area (Å²) in [6, 6.07) is 16.8. The van der Waals surface area contributed by atoms with Crippen molar-refractivity contribution in [3.05, 3.63) is 61.3 Å². The molecule has 96 valence electrons. The Bertz CT molecular complexity index is 977.